The lowest BCUT2D eigenvalue weighted by Gasteiger charge is -2.27. The van der Waals surface area contributed by atoms with Crippen LogP contribution in [-0.4, -0.2) is 63.3 Å². The number of methoxy groups -OCH3 is 1. The van der Waals surface area contributed by atoms with Gasteiger partial charge in [-0.25, -0.2) is 0 Å². The van der Waals surface area contributed by atoms with Gasteiger partial charge in [-0.1, -0.05) is 6.92 Å². The molecule has 0 spiro atoms. The van der Waals surface area contributed by atoms with Crippen LogP contribution in [0.1, 0.15) is 13.3 Å². The van der Waals surface area contributed by atoms with E-state index in [4.69, 9.17) is 4.74 Å². The first-order valence-corrected chi connectivity index (χ1v) is 5.97. The van der Waals surface area contributed by atoms with Crippen LogP contribution >= 0.6 is 0 Å². The van der Waals surface area contributed by atoms with Crippen LogP contribution < -0.4 is 10.6 Å². The van der Waals surface area contributed by atoms with Crippen molar-refractivity contribution in [2.24, 2.45) is 0 Å². The van der Waals surface area contributed by atoms with Crippen molar-refractivity contribution in [1.82, 2.24) is 15.5 Å². The number of carbonyl (C=O) groups is 1. The molecule has 94 valence electrons. The molecule has 0 aromatic carbocycles. The molecule has 0 aromatic heterocycles. The average Bonchev–Trinajstić information content (AvgIpc) is 2.29. The molecule has 1 atom stereocenters. The van der Waals surface area contributed by atoms with Gasteiger partial charge in [-0.2, -0.15) is 0 Å². The summed E-state index contributed by atoms with van der Waals surface area (Å²) in [7, 11) is 1.66. The molecule has 1 amide bonds. The number of hydrogen-bond donors (Lipinski definition) is 2. The Labute approximate surface area is 97.5 Å². The number of nitrogens with one attached hydrogen (secondary N) is 2. The van der Waals surface area contributed by atoms with Gasteiger partial charge in [0.2, 0.25) is 5.91 Å². The number of piperazine rings is 1. The molecular formula is C11H23N3O2. The number of carbonyl (C=O) groups excluding carboxylic acids is 1. The maximum Gasteiger partial charge on any atom is 0.234 e. The van der Waals surface area contributed by atoms with E-state index < -0.39 is 0 Å². The lowest BCUT2D eigenvalue weighted by Crippen LogP contribution is -2.49. The fraction of sp³-hybridized carbons (Fsp3) is 0.909. The van der Waals surface area contributed by atoms with Gasteiger partial charge in [0.15, 0.2) is 0 Å². The van der Waals surface area contributed by atoms with Crippen LogP contribution in [-0.2, 0) is 9.53 Å². The van der Waals surface area contributed by atoms with Gasteiger partial charge in [-0.05, 0) is 6.42 Å². The molecular weight excluding hydrogens is 206 g/mol. The van der Waals surface area contributed by atoms with Crippen molar-refractivity contribution in [2.75, 3.05) is 46.4 Å². The molecule has 0 aromatic rings. The Kier molecular flexibility index (Phi) is 6.37. The Morgan fingerprint density at radius 1 is 1.50 bits per heavy atom. The Balaban J connectivity index is 2.22. The highest BCUT2D eigenvalue weighted by molar-refractivity contribution is 5.78. The van der Waals surface area contributed by atoms with Gasteiger partial charge in [-0.15, -0.1) is 0 Å². The van der Waals surface area contributed by atoms with Gasteiger partial charge in [0.25, 0.3) is 0 Å². The fourth-order valence-corrected chi connectivity index (χ4v) is 1.81. The molecule has 1 aliphatic heterocycles. The van der Waals surface area contributed by atoms with E-state index >= 15 is 0 Å². The van der Waals surface area contributed by atoms with Crippen LogP contribution in [0.2, 0.25) is 0 Å². The average molecular weight is 229 g/mol. The SMILES string of the molecule is CCC(COC)NC(=O)CN1CCNCC1. The predicted molar refractivity (Wildman–Crippen MR) is 63.4 cm³/mol. The van der Waals surface area contributed by atoms with Crippen molar-refractivity contribution in [1.29, 1.82) is 0 Å². The summed E-state index contributed by atoms with van der Waals surface area (Å²) in [5.74, 6) is 0.103. The number of amides is 1. The zero-order valence-corrected chi connectivity index (χ0v) is 10.3. The van der Waals surface area contributed by atoms with Gasteiger partial charge < -0.3 is 15.4 Å². The number of ether oxygens (including phenoxy) is 1. The van der Waals surface area contributed by atoms with Crippen LogP contribution in [0.3, 0.4) is 0 Å². The van der Waals surface area contributed by atoms with Crippen molar-refractivity contribution < 1.29 is 9.53 Å². The molecule has 1 rings (SSSR count). The summed E-state index contributed by atoms with van der Waals surface area (Å²) in [6.45, 7) is 6.99. The summed E-state index contributed by atoms with van der Waals surface area (Å²) >= 11 is 0. The highest BCUT2D eigenvalue weighted by Crippen LogP contribution is 1.94. The van der Waals surface area contributed by atoms with Crippen LogP contribution in [0, 0.1) is 0 Å². The zero-order chi connectivity index (χ0) is 11.8. The van der Waals surface area contributed by atoms with Gasteiger partial charge in [0.05, 0.1) is 19.2 Å². The monoisotopic (exact) mass is 229 g/mol. The second kappa shape index (κ2) is 7.60. The molecule has 0 aliphatic carbocycles. The number of nitrogens with zero attached hydrogens (tertiary/aromatic N) is 1. The first kappa shape index (κ1) is 13.4. The molecule has 1 heterocycles. The molecule has 16 heavy (non-hydrogen) atoms. The summed E-state index contributed by atoms with van der Waals surface area (Å²) in [5, 5.41) is 6.26. The summed E-state index contributed by atoms with van der Waals surface area (Å²) < 4.78 is 5.05. The minimum absolute atomic E-state index is 0.103. The van der Waals surface area contributed by atoms with Crippen molar-refractivity contribution in [3.8, 4) is 0 Å². The van der Waals surface area contributed by atoms with Crippen LogP contribution in [0.15, 0.2) is 0 Å². The van der Waals surface area contributed by atoms with Gasteiger partial charge in [0.1, 0.15) is 0 Å². The second-order valence-electron chi connectivity index (χ2n) is 4.15. The standard InChI is InChI=1S/C11H23N3O2/c1-3-10(9-16-2)13-11(15)8-14-6-4-12-5-7-14/h10,12H,3-9H2,1-2H3,(H,13,15). The number of hydrogen-bond acceptors (Lipinski definition) is 4. The van der Waals surface area contributed by atoms with E-state index in [0.717, 1.165) is 32.6 Å². The molecule has 0 saturated carbocycles. The van der Waals surface area contributed by atoms with E-state index in [0.29, 0.717) is 13.2 Å². The van der Waals surface area contributed by atoms with Crippen molar-refractivity contribution in [2.45, 2.75) is 19.4 Å². The topological polar surface area (TPSA) is 53.6 Å². The van der Waals surface area contributed by atoms with Crippen molar-refractivity contribution >= 4 is 5.91 Å². The van der Waals surface area contributed by atoms with Crippen LogP contribution in [0.5, 0.6) is 0 Å². The summed E-state index contributed by atoms with van der Waals surface area (Å²) in [6.07, 6.45) is 0.904. The summed E-state index contributed by atoms with van der Waals surface area (Å²) in [4.78, 5) is 13.9. The minimum Gasteiger partial charge on any atom is -0.383 e. The minimum atomic E-state index is 0.103. The van der Waals surface area contributed by atoms with Crippen LogP contribution in [0.4, 0.5) is 0 Å². The van der Waals surface area contributed by atoms with E-state index in [1.165, 1.54) is 0 Å². The highest BCUT2D eigenvalue weighted by Gasteiger charge is 2.15. The number of rotatable bonds is 6. The van der Waals surface area contributed by atoms with E-state index in [1.54, 1.807) is 7.11 Å². The molecule has 2 N–H and O–H groups in total. The Hall–Kier alpha value is -0.650. The van der Waals surface area contributed by atoms with E-state index in [1.807, 2.05) is 0 Å². The second-order valence-corrected chi connectivity index (χ2v) is 4.15. The third-order valence-corrected chi connectivity index (χ3v) is 2.80. The molecule has 5 nitrogen and oxygen atoms in total. The zero-order valence-electron chi connectivity index (χ0n) is 10.3. The Morgan fingerprint density at radius 3 is 2.75 bits per heavy atom. The molecule has 0 bridgehead atoms. The van der Waals surface area contributed by atoms with Crippen LogP contribution in [0.25, 0.3) is 0 Å². The maximum absolute atomic E-state index is 11.7. The van der Waals surface area contributed by atoms with Gasteiger partial charge in [0, 0.05) is 33.3 Å². The van der Waals surface area contributed by atoms with Crippen molar-refractivity contribution in [3.63, 3.8) is 0 Å². The molecule has 0 radical (unpaired) electrons. The van der Waals surface area contributed by atoms with Gasteiger partial charge in [-0.3, -0.25) is 9.69 Å². The lowest BCUT2D eigenvalue weighted by atomic mass is 10.2. The quantitative estimate of drug-likeness (QED) is 0.640. The molecule has 1 unspecified atom stereocenters. The third-order valence-electron chi connectivity index (χ3n) is 2.80. The first-order chi connectivity index (χ1) is 7.76. The molecule has 1 fully saturated rings. The fourth-order valence-electron chi connectivity index (χ4n) is 1.81. The van der Waals surface area contributed by atoms with E-state index in [-0.39, 0.29) is 11.9 Å². The van der Waals surface area contributed by atoms with E-state index in [2.05, 4.69) is 22.5 Å². The normalized spacial score (nSPS) is 19.4. The highest BCUT2D eigenvalue weighted by atomic mass is 16.5. The van der Waals surface area contributed by atoms with E-state index in [9.17, 15) is 4.79 Å². The Morgan fingerprint density at radius 2 is 2.19 bits per heavy atom. The summed E-state index contributed by atoms with van der Waals surface area (Å²) in [6, 6.07) is 0.139. The maximum atomic E-state index is 11.7. The Bertz CT molecular complexity index is 197. The van der Waals surface area contributed by atoms with Gasteiger partial charge >= 0.3 is 0 Å². The molecule has 5 heteroatoms. The molecule has 1 saturated heterocycles. The third kappa shape index (κ3) is 4.92. The lowest BCUT2D eigenvalue weighted by molar-refractivity contribution is -0.123. The largest absolute Gasteiger partial charge is 0.383 e. The van der Waals surface area contributed by atoms with Crippen molar-refractivity contribution in [3.05, 3.63) is 0 Å². The smallest absolute Gasteiger partial charge is 0.234 e. The summed E-state index contributed by atoms with van der Waals surface area (Å²) in [5.41, 5.74) is 0. The predicted octanol–water partition coefficient (Wildman–Crippen LogP) is -0.567. The molecule has 1 aliphatic rings. The first-order valence-electron chi connectivity index (χ1n) is 5.97.